The van der Waals surface area contributed by atoms with Crippen LogP contribution in [0.1, 0.15) is 22.8 Å². The van der Waals surface area contributed by atoms with Crippen molar-refractivity contribution in [1.29, 1.82) is 0 Å². The van der Waals surface area contributed by atoms with Gasteiger partial charge >= 0.3 is 12.5 Å². The molecule has 184 valence electrons. The van der Waals surface area contributed by atoms with Crippen molar-refractivity contribution < 1.29 is 32.2 Å². The number of carbonyl (C=O) groups is 2. The van der Waals surface area contributed by atoms with Crippen molar-refractivity contribution in [3.63, 3.8) is 0 Å². The van der Waals surface area contributed by atoms with E-state index < -0.39 is 12.5 Å². The van der Waals surface area contributed by atoms with Gasteiger partial charge in [0, 0.05) is 43.1 Å². The van der Waals surface area contributed by atoms with E-state index >= 15 is 0 Å². The zero-order chi connectivity index (χ0) is 24.8. The number of rotatable bonds is 4. The van der Waals surface area contributed by atoms with Crippen LogP contribution < -0.4 is 4.74 Å². The van der Waals surface area contributed by atoms with Gasteiger partial charge < -0.3 is 19.3 Å². The van der Waals surface area contributed by atoms with Gasteiger partial charge in [-0.05, 0) is 35.9 Å². The van der Waals surface area contributed by atoms with Crippen LogP contribution >= 0.6 is 0 Å². The summed E-state index contributed by atoms with van der Waals surface area (Å²) < 4.78 is 46.0. The quantitative estimate of drug-likeness (QED) is 0.601. The highest BCUT2D eigenvalue weighted by Gasteiger charge is 2.52. The predicted octanol–water partition coefficient (Wildman–Crippen LogP) is 3.59. The number of nitrogens with one attached hydrogen (secondary N) is 1. The molecule has 0 radical (unpaired) electrons. The van der Waals surface area contributed by atoms with Crippen molar-refractivity contribution in [3.8, 4) is 5.75 Å². The Bertz CT molecular complexity index is 1260. The molecule has 2 saturated heterocycles. The van der Waals surface area contributed by atoms with Gasteiger partial charge in [-0.3, -0.25) is 4.79 Å². The van der Waals surface area contributed by atoms with Crippen LogP contribution in [0.25, 0.3) is 11.0 Å². The second-order valence-corrected chi connectivity index (χ2v) is 9.19. The molecule has 0 bridgehead atoms. The van der Waals surface area contributed by atoms with E-state index in [4.69, 9.17) is 4.74 Å². The number of halogens is 3. The minimum atomic E-state index is -4.76. The number of nitrogens with zero attached hydrogens (tertiary/aromatic N) is 4. The largest absolute Gasteiger partial charge is 0.573 e. The Kier molecular flexibility index (Phi) is 5.53. The summed E-state index contributed by atoms with van der Waals surface area (Å²) in [5, 5.41) is 10.6. The maximum absolute atomic E-state index is 13.1. The van der Waals surface area contributed by atoms with Crippen LogP contribution in [-0.2, 0) is 11.3 Å². The first-order valence-corrected chi connectivity index (χ1v) is 11.0. The van der Waals surface area contributed by atoms with E-state index in [-0.39, 0.29) is 29.6 Å². The molecule has 9 nitrogen and oxygen atoms in total. The second kappa shape index (κ2) is 8.43. The smallest absolute Gasteiger partial charge is 0.445 e. The van der Waals surface area contributed by atoms with Crippen LogP contribution in [0.3, 0.4) is 0 Å². The Hall–Kier alpha value is -3.83. The Labute approximate surface area is 197 Å². The van der Waals surface area contributed by atoms with E-state index in [1.807, 2.05) is 0 Å². The molecular formula is C23H22F3N5O4. The summed E-state index contributed by atoms with van der Waals surface area (Å²) in [5.41, 5.74) is 2.13. The molecule has 5 rings (SSSR count). The molecule has 2 fully saturated rings. The van der Waals surface area contributed by atoms with E-state index in [1.54, 1.807) is 28.0 Å². The number of likely N-dealkylation sites (tertiary alicyclic amines) is 2. The lowest BCUT2D eigenvalue weighted by molar-refractivity contribution is -0.274. The number of carbonyl (C=O) groups excluding carboxylic acids is 2. The van der Waals surface area contributed by atoms with Gasteiger partial charge in [0.2, 0.25) is 0 Å². The van der Waals surface area contributed by atoms with Gasteiger partial charge in [0.05, 0.1) is 0 Å². The molecule has 2 unspecified atom stereocenters. The third-order valence-corrected chi connectivity index (χ3v) is 6.60. The van der Waals surface area contributed by atoms with Crippen LogP contribution in [-0.4, -0.2) is 69.8 Å². The van der Waals surface area contributed by atoms with Gasteiger partial charge in [-0.15, -0.1) is 13.2 Å². The number of hydrogen-bond acceptors (Lipinski definition) is 6. The van der Waals surface area contributed by atoms with Gasteiger partial charge in [0.1, 0.15) is 23.4 Å². The molecule has 3 heterocycles. The summed E-state index contributed by atoms with van der Waals surface area (Å²) in [6, 6.07) is 10.4. The zero-order valence-electron chi connectivity index (χ0n) is 18.7. The maximum atomic E-state index is 13.1. The first-order valence-electron chi connectivity index (χ1n) is 11.0. The SMILES string of the molecule is CC12CN(C(=O)OCc3ccc(OC(F)(F)F)cc3)CC1CN(C(=O)c1ccc3n[nH]nc3c1)C2. The Morgan fingerprint density at radius 1 is 1.06 bits per heavy atom. The van der Waals surface area contributed by atoms with Crippen molar-refractivity contribution in [2.45, 2.75) is 19.9 Å². The lowest BCUT2D eigenvalue weighted by Gasteiger charge is -2.25. The minimum Gasteiger partial charge on any atom is -0.445 e. The van der Waals surface area contributed by atoms with Crippen LogP contribution in [0.5, 0.6) is 5.75 Å². The molecule has 1 aromatic heterocycles. The molecule has 0 spiro atoms. The van der Waals surface area contributed by atoms with E-state index in [2.05, 4.69) is 27.1 Å². The second-order valence-electron chi connectivity index (χ2n) is 9.19. The third kappa shape index (κ3) is 4.73. The van der Waals surface area contributed by atoms with E-state index in [0.29, 0.717) is 48.3 Å². The first kappa shape index (κ1) is 22.9. The van der Waals surface area contributed by atoms with Gasteiger partial charge in [0.15, 0.2) is 0 Å². The van der Waals surface area contributed by atoms with E-state index in [9.17, 15) is 22.8 Å². The monoisotopic (exact) mass is 489 g/mol. The summed E-state index contributed by atoms with van der Waals surface area (Å²) in [6.07, 6.45) is -5.26. The highest BCUT2D eigenvalue weighted by Crippen LogP contribution is 2.42. The van der Waals surface area contributed by atoms with E-state index in [1.165, 1.54) is 24.3 Å². The fourth-order valence-electron chi connectivity index (χ4n) is 4.81. The van der Waals surface area contributed by atoms with Gasteiger partial charge in [-0.1, -0.05) is 19.1 Å². The molecule has 12 heteroatoms. The van der Waals surface area contributed by atoms with Crippen molar-refractivity contribution in [3.05, 3.63) is 53.6 Å². The van der Waals surface area contributed by atoms with Crippen LogP contribution in [0.15, 0.2) is 42.5 Å². The number of fused-ring (bicyclic) bond motifs is 2. The zero-order valence-corrected chi connectivity index (χ0v) is 18.7. The van der Waals surface area contributed by atoms with Crippen molar-refractivity contribution in [1.82, 2.24) is 25.2 Å². The molecule has 3 aromatic rings. The number of hydrogen-bond donors (Lipinski definition) is 1. The van der Waals surface area contributed by atoms with E-state index in [0.717, 1.165) is 0 Å². The number of amides is 2. The first-order chi connectivity index (χ1) is 16.6. The Morgan fingerprint density at radius 3 is 2.46 bits per heavy atom. The molecule has 35 heavy (non-hydrogen) atoms. The molecule has 2 aliphatic rings. The standard InChI is InChI=1S/C23H22F3N5O4/c1-22-12-30(20(32)15-4-7-18-19(8-15)28-29-27-18)9-16(22)10-31(13-22)21(33)34-11-14-2-5-17(6-3-14)35-23(24,25)26/h2-8,16H,9-13H2,1H3,(H,27,28,29). The number of alkyl halides is 3. The van der Waals surface area contributed by atoms with Crippen LogP contribution in [0.4, 0.5) is 18.0 Å². The fraction of sp³-hybridized carbons (Fsp3) is 0.391. The molecule has 2 aromatic carbocycles. The summed E-state index contributed by atoms with van der Waals surface area (Å²) in [4.78, 5) is 29.1. The molecule has 1 N–H and O–H groups in total. The van der Waals surface area contributed by atoms with Crippen LogP contribution in [0, 0.1) is 11.3 Å². The number of aromatic nitrogens is 3. The highest BCUT2D eigenvalue weighted by atomic mass is 19.4. The number of ether oxygens (including phenoxy) is 2. The summed E-state index contributed by atoms with van der Waals surface area (Å²) in [7, 11) is 0. The molecule has 0 aliphatic carbocycles. The van der Waals surface area contributed by atoms with Gasteiger partial charge in [-0.2, -0.15) is 15.4 Å². The normalized spacial score (nSPS) is 21.9. The molecule has 2 aliphatic heterocycles. The average molecular weight is 489 g/mol. The highest BCUT2D eigenvalue weighted by molar-refractivity contribution is 5.97. The topological polar surface area (TPSA) is 101 Å². The average Bonchev–Trinajstić information content (AvgIpc) is 3.48. The third-order valence-electron chi connectivity index (χ3n) is 6.60. The molecular weight excluding hydrogens is 467 g/mol. The Morgan fingerprint density at radius 2 is 1.74 bits per heavy atom. The summed E-state index contributed by atoms with van der Waals surface area (Å²) in [6.45, 7) is 3.92. The van der Waals surface area contributed by atoms with Gasteiger partial charge in [-0.25, -0.2) is 4.79 Å². The van der Waals surface area contributed by atoms with Gasteiger partial charge in [0.25, 0.3) is 5.91 Å². The predicted molar refractivity (Wildman–Crippen MR) is 116 cm³/mol. The lowest BCUT2D eigenvalue weighted by atomic mass is 9.83. The van der Waals surface area contributed by atoms with Crippen molar-refractivity contribution in [2.75, 3.05) is 26.2 Å². The van der Waals surface area contributed by atoms with Crippen molar-refractivity contribution in [2.24, 2.45) is 11.3 Å². The van der Waals surface area contributed by atoms with Crippen molar-refractivity contribution >= 4 is 23.0 Å². The molecule has 2 amide bonds. The lowest BCUT2D eigenvalue weighted by Crippen LogP contribution is -2.38. The fourth-order valence-corrected chi connectivity index (χ4v) is 4.81. The molecule has 2 atom stereocenters. The minimum absolute atomic E-state index is 0.0713. The number of benzene rings is 2. The maximum Gasteiger partial charge on any atom is 0.573 e. The summed E-state index contributed by atoms with van der Waals surface area (Å²) >= 11 is 0. The summed E-state index contributed by atoms with van der Waals surface area (Å²) in [5.74, 6) is -0.320. The molecule has 0 saturated carbocycles. The Balaban J connectivity index is 1.15. The number of H-pyrrole nitrogens is 1. The van der Waals surface area contributed by atoms with Crippen LogP contribution in [0.2, 0.25) is 0 Å². The number of aromatic amines is 1.